The summed E-state index contributed by atoms with van der Waals surface area (Å²) in [6.07, 6.45) is 2.83. The zero-order chi connectivity index (χ0) is 26.8. The number of alkyl carbamates (subject to hydrolysis) is 1. The van der Waals surface area contributed by atoms with Gasteiger partial charge in [0.2, 0.25) is 11.8 Å². The van der Waals surface area contributed by atoms with Crippen molar-refractivity contribution in [3.63, 3.8) is 0 Å². The number of hydrogen-bond acceptors (Lipinski definition) is 5. The van der Waals surface area contributed by atoms with Gasteiger partial charge in [-0.3, -0.25) is 9.59 Å². The van der Waals surface area contributed by atoms with E-state index in [1.807, 2.05) is 45.9 Å². The minimum atomic E-state index is -1.24. The van der Waals surface area contributed by atoms with Gasteiger partial charge in [-0.1, -0.05) is 49.9 Å². The molecule has 2 atom stereocenters. The Kier molecular flexibility index (Phi) is 12.2. The van der Waals surface area contributed by atoms with E-state index in [0.717, 1.165) is 36.0 Å². The van der Waals surface area contributed by atoms with E-state index in [0.29, 0.717) is 13.0 Å². The van der Waals surface area contributed by atoms with Crippen molar-refractivity contribution in [2.24, 2.45) is 0 Å². The van der Waals surface area contributed by atoms with Gasteiger partial charge in [0.15, 0.2) is 0 Å². The van der Waals surface area contributed by atoms with Gasteiger partial charge in [0, 0.05) is 12.6 Å². The first-order valence-electron chi connectivity index (χ1n) is 12.6. The van der Waals surface area contributed by atoms with E-state index in [4.69, 9.17) is 4.74 Å². The smallest absolute Gasteiger partial charge is 0.408 e. The molecule has 35 heavy (non-hydrogen) atoms. The number of benzene rings is 1. The molecule has 0 heterocycles. The lowest BCUT2D eigenvalue weighted by atomic mass is 9.95. The van der Waals surface area contributed by atoms with Crippen LogP contribution in [-0.4, -0.2) is 58.8 Å². The first-order valence-corrected chi connectivity index (χ1v) is 12.6. The molecule has 0 aliphatic rings. The number of carbonyl (C=O) groups excluding carboxylic acids is 3. The number of ether oxygens (including phenoxy) is 1. The van der Waals surface area contributed by atoms with Gasteiger partial charge in [0.05, 0.1) is 6.61 Å². The highest BCUT2D eigenvalue weighted by Crippen LogP contribution is 2.27. The summed E-state index contributed by atoms with van der Waals surface area (Å²) < 4.78 is 5.28. The van der Waals surface area contributed by atoms with Crippen molar-refractivity contribution in [1.29, 1.82) is 0 Å². The number of aliphatic hydroxyl groups excluding tert-OH is 1. The SMILES string of the molecule is CCCCCCN(C(=O)C(CO)NC(=O)OC(C)(C)C)C(C(=O)NC(C)C)c1cc(C)ccc1C. The Morgan fingerprint density at radius 2 is 1.71 bits per heavy atom. The minimum Gasteiger partial charge on any atom is -0.444 e. The van der Waals surface area contributed by atoms with Crippen LogP contribution >= 0.6 is 0 Å². The van der Waals surface area contributed by atoms with E-state index < -0.39 is 36.3 Å². The third-order valence-corrected chi connectivity index (χ3v) is 5.43. The number of aryl methyl sites for hydroxylation is 2. The fourth-order valence-electron chi connectivity index (χ4n) is 3.78. The second-order valence-electron chi connectivity index (χ2n) is 10.4. The number of rotatable bonds is 12. The van der Waals surface area contributed by atoms with E-state index in [2.05, 4.69) is 17.6 Å². The standard InChI is InChI=1S/C27H45N3O5/c1-9-10-11-12-15-30(25(33)22(17-31)29-26(34)35-27(6,7)8)23(24(32)28-18(2)3)21-16-19(4)13-14-20(21)5/h13-14,16,18,22-23,31H,9-12,15,17H2,1-8H3,(H,28,32)(H,29,34). The van der Waals surface area contributed by atoms with E-state index >= 15 is 0 Å². The fraction of sp³-hybridized carbons (Fsp3) is 0.667. The largest absolute Gasteiger partial charge is 0.444 e. The molecule has 0 radical (unpaired) electrons. The Labute approximate surface area is 210 Å². The maximum atomic E-state index is 13.8. The van der Waals surface area contributed by atoms with Crippen LogP contribution in [0.15, 0.2) is 18.2 Å². The third-order valence-electron chi connectivity index (χ3n) is 5.43. The van der Waals surface area contributed by atoms with Crippen LogP contribution in [0.4, 0.5) is 4.79 Å². The van der Waals surface area contributed by atoms with Crippen LogP contribution < -0.4 is 10.6 Å². The summed E-state index contributed by atoms with van der Waals surface area (Å²) in [6, 6.07) is 3.55. The van der Waals surface area contributed by atoms with Gasteiger partial charge in [-0.25, -0.2) is 4.79 Å². The van der Waals surface area contributed by atoms with Gasteiger partial charge in [-0.15, -0.1) is 0 Å². The van der Waals surface area contributed by atoms with Crippen LogP contribution in [0.5, 0.6) is 0 Å². The van der Waals surface area contributed by atoms with E-state index in [1.54, 1.807) is 20.8 Å². The lowest BCUT2D eigenvalue weighted by Gasteiger charge is -2.35. The van der Waals surface area contributed by atoms with Crippen molar-refractivity contribution >= 4 is 17.9 Å². The quantitative estimate of drug-likeness (QED) is 0.381. The summed E-state index contributed by atoms with van der Waals surface area (Å²) in [4.78, 5) is 41.1. The van der Waals surface area contributed by atoms with Crippen molar-refractivity contribution in [1.82, 2.24) is 15.5 Å². The summed E-state index contributed by atoms with van der Waals surface area (Å²) in [5.74, 6) is -0.828. The molecule has 0 aliphatic heterocycles. The van der Waals surface area contributed by atoms with Gasteiger partial charge in [-0.05, 0) is 66.0 Å². The maximum Gasteiger partial charge on any atom is 0.408 e. The zero-order valence-corrected chi connectivity index (χ0v) is 22.7. The van der Waals surface area contributed by atoms with Crippen LogP contribution in [0.3, 0.4) is 0 Å². The maximum absolute atomic E-state index is 13.8. The molecule has 0 aliphatic carbocycles. The second kappa shape index (κ2) is 14.1. The first-order chi connectivity index (χ1) is 16.3. The Balaban J connectivity index is 3.44. The van der Waals surface area contributed by atoms with Gasteiger partial charge in [0.1, 0.15) is 17.7 Å². The van der Waals surface area contributed by atoms with Crippen molar-refractivity contribution < 1.29 is 24.2 Å². The number of amides is 3. The molecule has 8 heteroatoms. The molecule has 1 rings (SSSR count). The highest BCUT2D eigenvalue weighted by Gasteiger charge is 2.36. The van der Waals surface area contributed by atoms with Crippen LogP contribution in [0.2, 0.25) is 0 Å². The van der Waals surface area contributed by atoms with Gasteiger partial charge in [-0.2, -0.15) is 0 Å². The average Bonchev–Trinajstić information content (AvgIpc) is 2.74. The van der Waals surface area contributed by atoms with Crippen molar-refractivity contribution in [2.45, 2.75) is 105 Å². The van der Waals surface area contributed by atoms with Gasteiger partial charge >= 0.3 is 6.09 Å². The molecule has 0 saturated heterocycles. The highest BCUT2D eigenvalue weighted by atomic mass is 16.6. The van der Waals surface area contributed by atoms with Crippen molar-refractivity contribution in [3.8, 4) is 0 Å². The normalized spacial score (nSPS) is 13.2. The molecule has 0 aromatic heterocycles. The molecular weight excluding hydrogens is 446 g/mol. The van der Waals surface area contributed by atoms with E-state index in [1.165, 1.54) is 4.90 Å². The monoisotopic (exact) mass is 491 g/mol. The number of nitrogens with zero attached hydrogens (tertiary/aromatic N) is 1. The Morgan fingerprint density at radius 3 is 2.26 bits per heavy atom. The van der Waals surface area contributed by atoms with E-state index in [9.17, 15) is 19.5 Å². The lowest BCUT2D eigenvalue weighted by molar-refractivity contribution is -0.143. The summed E-state index contributed by atoms with van der Waals surface area (Å²) in [5, 5.41) is 15.4. The van der Waals surface area contributed by atoms with Gasteiger partial charge < -0.3 is 25.4 Å². The van der Waals surface area contributed by atoms with Crippen LogP contribution in [-0.2, 0) is 14.3 Å². The number of aliphatic hydroxyl groups is 1. The van der Waals surface area contributed by atoms with Crippen molar-refractivity contribution in [2.75, 3.05) is 13.2 Å². The predicted octanol–water partition coefficient (Wildman–Crippen LogP) is 4.16. The molecule has 0 fully saturated rings. The lowest BCUT2D eigenvalue weighted by Crippen LogP contribution is -2.55. The summed E-state index contributed by atoms with van der Waals surface area (Å²) in [7, 11) is 0. The number of hydrogen-bond donors (Lipinski definition) is 3. The average molecular weight is 492 g/mol. The molecule has 0 saturated carbocycles. The minimum absolute atomic E-state index is 0.124. The summed E-state index contributed by atoms with van der Waals surface area (Å²) in [6.45, 7) is 14.5. The van der Waals surface area contributed by atoms with E-state index in [-0.39, 0.29) is 11.9 Å². The first kappa shape index (κ1) is 30.4. The molecule has 198 valence electrons. The molecule has 8 nitrogen and oxygen atoms in total. The van der Waals surface area contributed by atoms with Gasteiger partial charge in [0.25, 0.3) is 0 Å². The molecule has 2 unspecified atom stereocenters. The topological polar surface area (TPSA) is 108 Å². The number of nitrogens with one attached hydrogen (secondary N) is 2. The van der Waals surface area contributed by atoms with Crippen molar-refractivity contribution in [3.05, 3.63) is 34.9 Å². The number of carbonyl (C=O) groups is 3. The molecule has 3 N–H and O–H groups in total. The molecule has 0 bridgehead atoms. The zero-order valence-electron chi connectivity index (χ0n) is 22.7. The molecular formula is C27H45N3O5. The Hall–Kier alpha value is -2.61. The van der Waals surface area contributed by atoms with Crippen LogP contribution in [0.1, 0.15) is 90.0 Å². The van der Waals surface area contributed by atoms with Crippen LogP contribution in [0.25, 0.3) is 0 Å². The molecule has 1 aromatic carbocycles. The second-order valence-corrected chi connectivity index (χ2v) is 10.4. The molecule has 3 amide bonds. The predicted molar refractivity (Wildman–Crippen MR) is 138 cm³/mol. The highest BCUT2D eigenvalue weighted by molar-refractivity contribution is 5.92. The van der Waals surface area contributed by atoms with Crippen LogP contribution in [0, 0.1) is 13.8 Å². The Morgan fingerprint density at radius 1 is 1.06 bits per heavy atom. The Bertz CT molecular complexity index is 848. The fourth-order valence-corrected chi connectivity index (χ4v) is 3.78. The third kappa shape index (κ3) is 10.3. The molecule has 1 aromatic rings. The summed E-state index contributed by atoms with van der Waals surface area (Å²) >= 11 is 0. The summed E-state index contributed by atoms with van der Waals surface area (Å²) in [5.41, 5.74) is 1.81. The molecule has 0 spiro atoms. The number of unbranched alkanes of at least 4 members (excludes halogenated alkanes) is 3.